The molecule has 21 heavy (non-hydrogen) atoms. The van der Waals surface area contributed by atoms with E-state index in [4.69, 9.17) is 4.42 Å². The van der Waals surface area contributed by atoms with Crippen molar-refractivity contribution in [3.05, 3.63) is 58.3 Å². The number of nitro groups is 1. The fourth-order valence-corrected chi connectivity index (χ4v) is 1.46. The van der Waals surface area contributed by atoms with Gasteiger partial charge in [-0.25, -0.2) is 5.43 Å². The molecule has 0 spiro atoms. The van der Waals surface area contributed by atoms with Gasteiger partial charge in [-0.05, 0) is 18.2 Å². The number of carbonyl (C=O) groups is 1. The number of hydrogen-bond donors (Lipinski definition) is 2. The number of benzene rings is 1. The number of nitrogens with zero attached hydrogens (tertiary/aromatic N) is 2. The van der Waals surface area contributed by atoms with Crippen molar-refractivity contribution in [2.75, 3.05) is 11.9 Å². The second-order valence-electron chi connectivity index (χ2n) is 3.95. The Morgan fingerprint density at radius 1 is 1.29 bits per heavy atom. The zero-order chi connectivity index (χ0) is 15.1. The average molecular weight is 288 g/mol. The number of hydrazone groups is 1. The summed E-state index contributed by atoms with van der Waals surface area (Å²) in [4.78, 5) is 21.2. The highest BCUT2D eigenvalue weighted by Gasteiger charge is 2.10. The topological polar surface area (TPSA) is 110 Å². The van der Waals surface area contributed by atoms with E-state index in [1.165, 1.54) is 18.3 Å². The van der Waals surface area contributed by atoms with Crippen LogP contribution in [0, 0.1) is 10.1 Å². The van der Waals surface area contributed by atoms with Crippen molar-refractivity contribution in [3.63, 3.8) is 0 Å². The molecular weight excluding hydrogens is 276 g/mol. The first-order valence-corrected chi connectivity index (χ1v) is 6.00. The van der Waals surface area contributed by atoms with Crippen LogP contribution < -0.4 is 10.7 Å². The molecule has 2 rings (SSSR count). The van der Waals surface area contributed by atoms with Crippen molar-refractivity contribution >= 4 is 23.7 Å². The molecule has 0 saturated heterocycles. The van der Waals surface area contributed by atoms with Crippen LogP contribution in [0.3, 0.4) is 0 Å². The van der Waals surface area contributed by atoms with Crippen LogP contribution in [0.25, 0.3) is 0 Å². The van der Waals surface area contributed by atoms with Gasteiger partial charge in [0.15, 0.2) is 5.76 Å². The van der Waals surface area contributed by atoms with Gasteiger partial charge in [0.25, 0.3) is 5.91 Å². The molecule has 2 N–H and O–H groups in total. The molecule has 8 nitrogen and oxygen atoms in total. The minimum absolute atomic E-state index is 0.0552. The number of amides is 1. The Labute approximate surface area is 119 Å². The normalized spacial score (nSPS) is 10.5. The van der Waals surface area contributed by atoms with Gasteiger partial charge < -0.3 is 9.73 Å². The molecule has 0 aliphatic rings. The predicted octanol–water partition coefficient (Wildman–Crippen LogP) is 1.75. The van der Waals surface area contributed by atoms with Crippen molar-refractivity contribution in [2.24, 2.45) is 5.10 Å². The third-order valence-corrected chi connectivity index (χ3v) is 2.40. The molecule has 108 valence electrons. The molecule has 0 aliphatic heterocycles. The second kappa shape index (κ2) is 6.85. The number of nitrogens with one attached hydrogen (secondary N) is 2. The first kappa shape index (κ1) is 14.3. The summed E-state index contributed by atoms with van der Waals surface area (Å²) in [6.45, 7) is 0.0552. The fraction of sp³-hybridized carbons (Fsp3) is 0.0769. The number of rotatable bonds is 6. The molecule has 1 heterocycles. The van der Waals surface area contributed by atoms with E-state index in [9.17, 15) is 14.9 Å². The van der Waals surface area contributed by atoms with Gasteiger partial charge in [0.05, 0.1) is 18.8 Å². The standard InChI is InChI=1S/C13H12N4O4/c18-12(9-14-10-4-2-1-3-5-10)16-15-8-11-6-7-13(21-11)17(19)20/h1-8,14H,9H2,(H,16,18). The maximum Gasteiger partial charge on any atom is 0.433 e. The van der Waals surface area contributed by atoms with Crippen LogP contribution in [0.5, 0.6) is 0 Å². The van der Waals surface area contributed by atoms with Gasteiger partial charge in [-0.2, -0.15) is 5.10 Å². The molecule has 0 saturated carbocycles. The summed E-state index contributed by atoms with van der Waals surface area (Å²) in [5, 5.41) is 17.0. The van der Waals surface area contributed by atoms with Gasteiger partial charge in [0.2, 0.25) is 0 Å². The molecule has 0 fully saturated rings. The smallest absolute Gasteiger partial charge is 0.400 e. The van der Waals surface area contributed by atoms with Crippen LogP contribution in [0.15, 0.2) is 52.0 Å². The predicted molar refractivity (Wildman–Crippen MR) is 76.0 cm³/mol. The molecule has 0 radical (unpaired) electrons. The van der Waals surface area contributed by atoms with E-state index in [0.29, 0.717) is 0 Å². The average Bonchev–Trinajstić information content (AvgIpc) is 2.95. The monoisotopic (exact) mass is 288 g/mol. The van der Waals surface area contributed by atoms with E-state index in [0.717, 1.165) is 5.69 Å². The first-order valence-electron chi connectivity index (χ1n) is 6.00. The number of furan rings is 1. The van der Waals surface area contributed by atoms with E-state index in [1.54, 1.807) is 0 Å². The van der Waals surface area contributed by atoms with Gasteiger partial charge >= 0.3 is 5.88 Å². The molecule has 1 aromatic heterocycles. The number of carbonyl (C=O) groups excluding carboxylic acids is 1. The summed E-state index contributed by atoms with van der Waals surface area (Å²) in [7, 11) is 0. The van der Waals surface area contributed by atoms with Crippen molar-refractivity contribution in [1.82, 2.24) is 5.43 Å². The summed E-state index contributed by atoms with van der Waals surface area (Å²) in [5.74, 6) is -0.553. The highest BCUT2D eigenvalue weighted by Crippen LogP contribution is 2.13. The third kappa shape index (κ3) is 4.46. The van der Waals surface area contributed by atoms with Crippen LogP contribution in [-0.4, -0.2) is 23.6 Å². The van der Waals surface area contributed by atoms with Crippen molar-refractivity contribution < 1.29 is 14.1 Å². The van der Waals surface area contributed by atoms with Gasteiger partial charge in [0.1, 0.15) is 4.92 Å². The Bertz CT molecular complexity index is 651. The van der Waals surface area contributed by atoms with Gasteiger partial charge in [-0.1, -0.05) is 18.2 Å². The number of para-hydroxylation sites is 1. The highest BCUT2D eigenvalue weighted by molar-refractivity contribution is 5.83. The second-order valence-corrected chi connectivity index (χ2v) is 3.95. The molecule has 8 heteroatoms. The molecule has 1 aromatic carbocycles. The third-order valence-electron chi connectivity index (χ3n) is 2.40. The summed E-state index contributed by atoms with van der Waals surface area (Å²) in [6.07, 6.45) is 1.19. The molecule has 2 aromatic rings. The van der Waals surface area contributed by atoms with Crippen LogP contribution in [0.1, 0.15) is 5.76 Å². The minimum Gasteiger partial charge on any atom is -0.400 e. The largest absolute Gasteiger partial charge is 0.433 e. The maximum absolute atomic E-state index is 11.5. The molecule has 0 unspecified atom stereocenters. The molecule has 0 bridgehead atoms. The summed E-state index contributed by atoms with van der Waals surface area (Å²) < 4.78 is 4.84. The van der Waals surface area contributed by atoms with Gasteiger partial charge in [-0.15, -0.1) is 0 Å². The Hall–Kier alpha value is -3.16. The molecular formula is C13H12N4O4. The van der Waals surface area contributed by atoms with Crippen molar-refractivity contribution in [1.29, 1.82) is 0 Å². The Balaban J connectivity index is 1.77. The number of anilines is 1. The number of hydrogen-bond acceptors (Lipinski definition) is 6. The zero-order valence-electron chi connectivity index (χ0n) is 10.9. The van der Waals surface area contributed by atoms with E-state index in [-0.39, 0.29) is 24.1 Å². The summed E-state index contributed by atoms with van der Waals surface area (Å²) in [6, 6.07) is 11.8. The Kier molecular flexibility index (Phi) is 4.65. The first-order chi connectivity index (χ1) is 10.1. The summed E-state index contributed by atoms with van der Waals surface area (Å²) in [5.41, 5.74) is 3.10. The van der Waals surface area contributed by atoms with E-state index >= 15 is 0 Å². The van der Waals surface area contributed by atoms with Crippen molar-refractivity contribution in [3.8, 4) is 0 Å². The van der Waals surface area contributed by atoms with E-state index in [2.05, 4.69) is 15.8 Å². The lowest BCUT2D eigenvalue weighted by atomic mass is 10.3. The van der Waals surface area contributed by atoms with Crippen LogP contribution in [0.2, 0.25) is 0 Å². The SMILES string of the molecule is O=C(CNc1ccccc1)NN=Cc1ccc([N+](=O)[O-])o1. The quantitative estimate of drug-likeness (QED) is 0.478. The molecule has 0 atom stereocenters. The fourth-order valence-electron chi connectivity index (χ4n) is 1.46. The van der Waals surface area contributed by atoms with Crippen molar-refractivity contribution in [2.45, 2.75) is 0 Å². The highest BCUT2D eigenvalue weighted by atomic mass is 16.6. The lowest BCUT2D eigenvalue weighted by Crippen LogP contribution is -2.25. The summed E-state index contributed by atoms with van der Waals surface area (Å²) >= 11 is 0. The van der Waals surface area contributed by atoms with Crippen LogP contribution in [-0.2, 0) is 4.79 Å². The van der Waals surface area contributed by atoms with Gasteiger partial charge in [-0.3, -0.25) is 14.9 Å². The van der Waals surface area contributed by atoms with Crippen LogP contribution in [0.4, 0.5) is 11.6 Å². The molecule has 1 amide bonds. The lowest BCUT2D eigenvalue weighted by Gasteiger charge is -2.04. The zero-order valence-corrected chi connectivity index (χ0v) is 10.9. The maximum atomic E-state index is 11.5. The minimum atomic E-state index is -0.653. The Morgan fingerprint density at radius 2 is 2.05 bits per heavy atom. The van der Waals surface area contributed by atoms with E-state index < -0.39 is 4.92 Å². The lowest BCUT2D eigenvalue weighted by molar-refractivity contribution is -0.402. The molecule has 0 aliphatic carbocycles. The van der Waals surface area contributed by atoms with E-state index in [1.807, 2.05) is 30.3 Å². The Morgan fingerprint density at radius 3 is 2.71 bits per heavy atom. The van der Waals surface area contributed by atoms with Crippen LogP contribution >= 0.6 is 0 Å². The van der Waals surface area contributed by atoms with Gasteiger partial charge in [0, 0.05) is 5.69 Å².